The van der Waals surface area contributed by atoms with Crippen molar-refractivity contribution in [2.45, 2.75) is 57.0 Å². The van der Waals surface area contributed by atoms with Crippen molar-refractivity contribution in [3.05, 3.63) is 0 Å². The fourth-order valence-corrected chi connectivity index (χ4v) is 3.37. The molecule has 4 heteroatoms. The third-order valence-corrected chi connectivity index (χ3v) is 4.69. The van der Waals surface area contributed by atoms with Gasteiger partial charge in [-0.25, -0.2) is 0 Å². The Hall–Kier alpha value is -0.610. The van der Waals surface area contributed by atoms with Crippen molar-refractivity contribution >= 4 is 5.97 Å². The molecule has 0 aromatic rings. The van der Waals surface area contributed by atoms with Gasteiger partial charge in [-0.05, 0) is 57.5 Å². The molecule has 2 N–H and O–H groups in total. The average Bonchev–Trinajstić information content (AvgIpc) is 2.38. The van der Waals surface area contributed by atoms with Gasteiger partial charge in [0.25, 0.3) is 0 Å². The number of hydrogen-bond donors (Lipinski definition) is 1. The Kier molecular flexibility index (Phi) is 4.28. The molecule has 4 nitrogen and oxygen atoms in total. The van der Waals surface area contributed by atoms with Crippen LogP contribution in [-0.2, 0) is 9.53 Å². The minimum absolute atomic E-state index is 0.238. The first-order valence-electron chi connectivity index (χ1n) is 7.16. The van der Waals surface area contributed by atoms with Crippen LogP contribution in [0.5, 0.6) is 0 Å². The molecule has 1 saturated carbocycles. The third-order valence-electron chi connectivity index (χ3n) is 4.69. The van der Waals surface area contributed by atoms with Crippen molar-refractivity contribution in [3.63, 3.8) is 0 Å². The monoisotopic (exact) mass is 254 g/mol. The van der Waals surface area contributed by atoms with Crippen LogP contribution in [0, 0.1) is 5.92 Å². The van der Waals surface area contributed by atoms with E-state index in [1.807, 2.05) is 0 Å². The molecule has 2 unspecified atom stereocenters. The van der Waals surface area contributed by atoms with Crippen molar-refractivity contribution in [2.24, 2.45) is 11.7 Å². The molecule has 0 aromatic heterocycles. The molecule has 1 heterocycles. The van der Waals surface area contributed by atoms with Crippen LogP contribution in [0.25, 0.3) is 0 Å². The molecule has 2 atom stereocenters. The highest BCUT2D eigenvalue weighted by Crippen LogP contribution is 2.32. The van der Waals surface area contributed by atoms with Crippen molar-refractivity contribution in [3.8, 4) is 0 Å². The maximum absolute atomic E-state index is 11.8. The zero-order valence-electron chi connectivity index (χ0n) is 11.7. The van der Waals surface area contributed by atoms with E-state index in [2.05, 4.69) is 11.8 Å². The van der Waals surface area contributed by atoms with Crippen molar-refractivity contribution in [1.29, 1.82) is 0 Å². The Morgan fingerprint density at radius 2 is 2.00 bits per heavy atom. The SMILES string of the molecule is COC(=O)C1(N)CCCC(N2CCC(C)CC2)C1. The molecule has 1 saturated heterocycles. The summed E-state index contributed by atoms with van der Waals surface area (Å²) in [6.07, 6.45) is 6.26. The molecule has 0 spiro atoms. The molecule has 2 fully saturated rings. The van der Waals surface area contributed by atoms with E-state index >= 15 is 0 Å². The number of hydrogen-bond acceptors (Lipinski definition) is 4. The summed E-state index contributed by atoms with van der Waals surface area (Å²) < 4.78 is 4.86. The minimum atomic E-state index is -0.749. The second-order valence-electron chi connectivity index (χ2n) is 6.12. The fraction of sp³-hybridized carbons (Fsp3) is 0.929. The predicted octanol–water partition coefficient (Wildman–Crippen LogP) is 1.53. The van der Waals surface area contributed by atoms with E-state index in [4.69, 9.17) is 10.5 Å². The number of esters is 1. The predicted molar refractivity (Wildman–Crippen MR) is 71.2 cm³/mol. The Morgan fingerprint density at radius 3 is 2.61 bits per heavy atom. The van der Waals surface area contributed by atoms with Crippen LogP contribution in [-0.4, -0.2) is 42.6 Å². The average molecular weight is 254 g/mol. The van der Waals surface area contributed by atoms with Gasteiger partial charge >= 0.3 is 5.97 Å². The summed E-state index contributed by atoms with van der Waals surface area (Å²) in [6.45, 7) is 4.63. The van der Waals surface area contributed by atoms with Crippen LogP contribution < -0.4 is 5.73 Å². The van der Waals surface area contributed by atoms with E-state index in [9.17, 15) is 4.79 Å². The molecule has 2 rings (SSSR count). The van der Waals surface area contributed by atoms with E-state index in [1.165, 1.54) is 26.4 Å². The lowest BCUT2D eigenvalue weighted by Crippen LogP contribution is -2.56. The smallest absolute Gasteiger partial charge is 0.325 e. The van der Waals surface area contributed by atoms with E-state index < -0.39 is 5.54 Å². The Balaban J connectivity index is 1.96. The van der Waals surface area contributed by atoms with Crippen LogP contribution >= 0.6 is 0 Å². The lowest BCUT2D eigenvalue weighted by molar-refractivity contribution is -0.149. The van der Waals surface area contributed by atoms with Gasteiger partial charge in [0.2, 0.25) is 0 Å². The zero-order valence-corrected chi connectivity index (χ0v) is 11.7. The summed E-state index contributed by atoms with van der Waals surface area (Å²) in [6, 6.07) is 0.468. The summed E-state index contributed by atoms with van der Waals surface area (Å²) in [4.78, 5) is 14.3. The van der Waals surface area contributed by atoms with Gasteiger partial charge in [-0.2, -0.15) is 0 Å². The first kappa shape index (κ1) is 13.8. The highest BCUT2D eigenvalue weighted by atomic mass is 16.5. The molecule has 0 bridgehead atoms. The first-order chi connectivity index (χ1) is 8.55. The second kappa shape index (κ2) is 5.57. The van der Waals surface area contributed by atoms with Gasteiger partial charge in [-0.1, -0.05) is 6.92 Å². The molecular weight excluding hydrogens is 228 g/mol. The number of rotatable bonds is 2. The summed E-state index contributed by atoms with van der Waals surface area (Å²) in [5.74, 6) is 0.602. The van der Waals surface area contributed by atoms with Gasteiger partial charge in [0.1, 0.15) is 5.54 Å². The number of methoxy groups -OCH3 is 1. The number of likely N-dealkylation sites (tertiary alicyclic amines) is 1. The first-order valence-corrected chi connectivity index (χ1v) is 7.16. The highest BCUT2D eigenvalue weighted by molar-refractivity contribution is 5.80. The molecule has 2 aliphatic rings. The Morgan fingerprint density at radius 1 is 1.33 bits per heavy atom. The maximum Gasteiger partial charge on any atom is 0.325 e. The minimum Gasteiger partial charge on any atom is -0.468 e. The molecule has 0 aromatic carbocycles. The van der Waals surface area contributed by atoms with Crippen LogP contribution in [0.2, 0.25) is 0 Å². The van der Waals surface area contributed by atoms with Crippen molar-refractivity contribution in [1.82, 2.24) is 4.90 Å². The summed E-state index contributed by atoms with van der Waals surface area (Å²) >= 11 is 0. The van der Waals surface area contributed by atoms with Gasteiger partial charge in [-0.15, -0.1) is 0 Å². The van der Waals surface area contributed by atoms with Crippen LogP contribution in [0.1, 0.15) is 45.4 Å². The van der Waals surface area contributed by atoms with Gasteiger partial charge < -0.3 is 15.4 Å². The van der Waals surface area contributed by atoms with Crippen LogP contribution in [0.3, 0.4) is 0 Å². The number of nitrogens with two attached hydrogens (primary N) is 1. The topological polar surface area (TPSA) is 55.6 Å². The quantitative estimate of drug-likeness (QED) is 0.759. The summed E-state index contributed by atoms with van der Waals surface area (Å²) in [5.41, 5.74) is 5.49. The van der Waals surface area contributed by atoms with E-state index in [1.54, 1.807) is 0 Å². The molecule has 0 radical (unpaired) electrons. The highest BCUT2D eigenvalue weighted by Gasteiger charge is 2.42. The largest absolute Gasteiger partial charge is 0.468 e. The van der Waals surface area contributed by atoms with Crippen LogP contribution in [0.15, 0.2) is 0 Å². The fourth-order valence-electron chi connectivity index (χ4n) is 3.37. The Labute approximate surface area is 110 Å². The third kappa shape index (κ3) is 2.86. The van der Waals surface area contributed by atoms with Gasteiger partial charge in [0, 0.05) is 6.04 Å². The number of nitrogens with zero attached hydrogens (tertiary/aromatic N) is 1. The molecule has 0 amide bonds. The number of carbonyl (C=O) groups is 1. The normalized spacial score (nSPS) is 35.4. The molecule has 18 heavy (non-hydrogen) atoms. The van der Waals surface area contributed by atoms with E-state index in [-0.39, 0.29) is 5.97 Å². The maximum atomic E-state index is 11.8. The molecular formula is C14H26N2O2. The van der Waals surface area contributed by atoms with Gasteiger partial charge in [0.15, 0.2) is 0 Å². The number of piperidine rings is 1. The molecule has 104 valence electrons. The van der Waals surface area contributed by atoms with Gasteiger partial charge in [0.05, 0.1) is 7.11 Å². The lowest BCUT2D eigenvalue weighted by atomic mass is 9.78. The van der Waals surface area contributed by atoms with Gasteiger partial charge in [-0.3, -0.25) is 4.79 Å². The molecule has 1 aliphatic heterocycles. The van der Waals surface area contributed by atoms with Crippen molar-refractivity contribution < 1.29 is 9.53 Å². The number of carbonyl (C=O) groups excluding carboxylic acids is 1. The Bertz CT molecular complexity index is 300. The second-order valence-corrected chi connectivity index (χ2v) is 6.12. The van der Waals surface area contributed by atoms with Crippen LogP contribution in [0.4, 0.5) is 0 Å². The standard InChI is InChI=1S/C14H26N2O2/c1-11-5-8-16(9-6-11)12-4-3-7-14(15,10-12)13(17)18-2/h11-12H,3-10,15H2,1-2H3. The lowest BCUT2D eigenvalue weighted by Gasteiger charge is -2.43. The number of ether oxygens (including phenoxy) is 1. The zero-order chi connectivity index (χ0) is 13.2. The summed E-state index contributed by atoms with van der Waals surface area (Å²) in [7, 11) is 1.43. The van der Waals surface area contributed by atoms with Crippen molar-refractivity contribution in [2.75, 3.05) is 20.2 Å². The summed E-state index contributed by atoms with van der Waals surface area (Å²) in [5, 5.41) is 0. The van der Waals surface area contributed by atoms with E-state index in [0.29, 0.717) is 6.04 Å². The molecule has 1 aliphatic carbocycles. The van der Waals surface area contributed by atoms with E-state index in [0.717, 1.165) is 38.3 Å².